The Bertz CT molecular complexity index is 875. The average Bonchev–Trinajstić information content (AvgIpc) is 3.02. The molecule has 0 aromatic carbocycles. The summed E-state index contributed by atoms with van der Waals surface area (Å²) in [5.41, 5.74) is 0. The number of rotatable bonds is 28. The number of carbonyl (C=O) groups excluding carboxylic acids is 2. The van der Waals surface area contributed by atoms with Gasteiger partial charge in [-0.3, -0.25) is 9.59 Å². The molecule has 1 aliphatic rings. The van der Waals surface area contributed by atoms with E-state index in [0.29, 0.717) is 13.0 Å². The van der Waals surface area contributed by atoms with Crippen molar-refractivity contribution in [3.05, 3.63) is 12.3 Å². The highest BCUT2D eigenvalue weighted by Crippen LogP contribution is 2.37. The number of ketones is 1. The second-order valence-electron chi connectivity index (χ2n) is 15.4. The van der Waals surface area contributed by atoms with Crippen molar-refractivity contribution in [2.45, 2.75) is 212 Å². The molecular weight excluding hydrogens is 623 g/mol. The van der Waals surface area contributed by atoms with Crippen LogP contribution in [0.4, 0.5) is 0 Å². The summed E-state index contributed by atoms with van der Waals surface area (Å²) in [4.78, 5) is 25.9. The van der Waals surface area contributed by atoms with Crippen molar-refractivity contribution in [3.63, 3.8) is 0 Å². The molecule has 0 radical (unpaired) electrons. The molecule has 1 aliphatic heterocycles. The molecule has 0 spiro atoms. The first kappa shape index (κ1) is 44.8. The van der Waals surface area contributed by atoms with Gasteiger partial charge in [0.25, 0.3) is 0 Å². The lowest BCUT2D eigenvalue weighted by molar-refractivity contribution is -0.262. The Morgan fingerprint density at radius 1 is 0.833 bits per heavy atom. The highest BCUT2D eigenvalue weighted by atomic mass is 28.4. The van der Waals surface area contributed by atoms with Gasteiger partial charge in [-0.1, -0.05) is 137 Å². The number of carbonyl (C=O) groups is 2. The first-order valence-electron chi connectivity index (χ1n) is 19.5. The Balaban J connectivity index is 2.85. The molecule has 1 amide bonds. The number of aliphatic hydroxyl groups excluding tert-OH is 1. The Morgan fingerprint density at radius 3 is 1.88 bits per heavy atom. The maximum atomic E-state index is 13.2. The van der Waals surface area contributed by atoms with E-state index in [1.165, 1.54) is 76.9 Å². The normalized spacial score (nSPS) is 21.9. The molecule has 0 aromatic heterocycles. The third-order valence-corrected chi connectivity index (χ3v) is 14.5. The van der Waals surface area contributed by atoms with Gasteiger partial charge in [0, 0.05) is 13.0 Å². The van der Waals surface area contributed by atoms with Crippen LogP contribution in [0.2, 0.25) is 18.1 Å². The van der Waals surface area contributed by atoms with Gasteiger partial charge in [0.2, 0.25) is 12.2 Å². The molecule has 0 bridgehead atoms. The first-order chi connectivity index (χ1) is 22.9. The lowest BCUT2D eigenvalue weighted by atomic mass is 9.96. The Labute approximate surface area is 296 Å². The number of unbranched alkanes of at least 4 members (excludes halogenated alkanes) is 15. The van der Waals surface area contributed by atoms with E-state index in [-0.39, 0.29) is 23.8 Å². The Morgan fingerprint density at radius 2 is 1.35 bits per heavy atom. The zero-order valence-corrected chi connectivity index (χ0v) is 33.3. The van der Waals surface area contributed by atoms with E-state index in [9.17, 15) is 14.7 Å². The first-order valence-corrected chi connectivity index (χ1v) is 22.5. The molecule has 1 heterocycles. The predicted octanol–water partition coefficient (Wildman–Crippen LogP) is 9.54. The van der Waals surface area contributed by atoms with Crippen LogP contribution in [-0.4, -0.2) is 69.0 Å². The molecule has 0 saturated carbocycles. The number of ether oxygens (including phenoxy) is 3. The van der Waals surface area contributed by atoms with Gasteiger partial charge in [0.15, 0.2) is 8.32 Å². The van der Waals surface area contributed by atoms with Crippen LogP contribution < -0.4 is 5.32 Å². The maximum absolute atomic E-state index is 13.2. The lowest BCUT2D eigenvalue weighted by Gasteiger charge is -2.45. The van der Waals surface area contributed by atoms with Crippen LogP contribution in [0.3, 0.4) is 0 Å². The second kappa shape index (κ2) is 25.7. The third kappa shape index (κ3) is 18.7. The standard InChI is InChI=1S/C39H75NO7Si/c1-9-12-14-16-18-20-21-23-25-27-32(41)30-34(42)40-35-37(44-29-26-24-22-19-17-15-13-10-2)36(43)33(47-38(35)45-28-11-3)31-46-48(7,8)39(4,5)6/h11,28,33,35-38,43H,9-10,12-27,29-31H2,1-8H3,(H,40,42). The monoisotopic (exact) mass is 698 g/mol. The maximum Gasteiger partial charge on any atom is 0.227 e. The van der Waals surface area contributed by atoms with Crippen LogP contribution >= 0.6 is 0 Å². The summed E-state index contributed by atoms with van der Waals surface area (Å²) in [5, 5.41) is 14.6. The molecular formula is C39H75NO7Si. The van der Waals surface area contributed by atoms with Crippen molar-refractivity contribution in [1.82, 2.24) is 5.32 Å². The van der Waals surface area contributed by atoms with E-state index in [0.717, 1.165) is 38.5 Å². The highest BCUT2D eigenvalue weighted by Gasteiger charge is 2.49. The van der Waals surface area contributed by atoms with E-state index in [1.54, 1.807) is 6.08 Å². The van der Waals surface area contributed by atoms with Crippen molar-refractivity contribution in [2.75, 3.05) is 13.2 Å². The molecule has 0 aromatic rings. The van der Waals surface area contributed by atoms with Gasteiger partial charge < -0.3 is 29.1 Å². The van der Waals surface area contributed by atoms with Crippen LogP contribution in [0.15, 0.2) is 12.3 Å². The minimum absolute atomic E-state index is 0.00277. The molecule has 1 rings (SSSR count). The zero-order chi connectivity index (χ0) is 35.8. The summed E-state index contributed by atoms with van der Waals surface area (Å²) >= 11 is 0. The molecule has 8 nitrogen and oxygen atoms in total. The molecule has 5 unspecified atom stereocenters. The van der Waals surface area contributed by atoms with E-state index in [1.807, 2.05) is 6.92 Å². The quantitative estimate of drug-likeness (QED) is 0.0363. The number of amides is 1. The third-order valence-electron chi connectivity index (χ3n) is 9.99. The summed E-state index contributed by atoms with van der Waals surface area (Å²) in [6.07, 6.45) is 20.0. The van der Waals surface area contributed by atoms with Gasteiger partial charge >= 0.3 is 0 Å². The summed E-state index contributed by atoms with van der Waals surface area (Å²) < 4.78 is 25.0. The van der Waals surface area contributed by atoms with Crippen molar-refractivity contribution < 1.29 is 33.3 Å². The summed E-state index contributed by atoms with van der Waals surface area (Å²) in [5.74, 6) is -0.474. The molecule has 9 heteroatoms. The molecule has 48 heavy (non-hydrogen) atoms. The van der Waals surface area contributed by atoms with Crippen molar-refractivity contribution in [3.8, 4) is 0 Å². The highest BCUT2D eigenvalue weighted by molar-refractivity contribution is 6.74. The van der Waals surface area contributed by atoms with Gasteiger partial charge in [0.05, 0.1) is 19.3 Å². The fourth-order valence-electron chi connectivity index (χ4n) is 5.78. The van der Waals surface area contributed by atoms with E-state index >= 15 is 0 Å². The molecule has 2 N–H and O–H groups in total. The lowest BCUT2D eigenvalue weighted by Crippen LogP contribution is -2.66. The topological polar surface area (TPSA) is 103 Å². The zero-order valence-electron chi connectivity index (χ0n) is 32.3. The molecule has 5 atom stereocenters. The smallest absolute Gasteiger partial charge is 0.227 e. The van der Waals surface area contributed by atoms with Gasteiger partial charge in [-0.15, -0.1) is 0 Å². The number of hydrogen-bond donors (Lipinski definition) is 2. The number of Topliss-reactive ketones (excluding diaryl/α,β-unsaturated/α-hetero) is 1. The van der Waals surface area contributed by atoms with Gasteiger partial charge in [0.1, 0.15) is 30.1 Å². The van der Waals surface area contributed by atoms with Crippen LogP contribution in [0.25, 0.3) is 0 Å². The van der Waals surface area contributed by atoms with Crippen molar-refractivity contribution in [2.24, 2.45) is 0 Å². The van der Waals surface area contributed by atoms with Crippen LogP contribution in [-0.2, 0) is 28.2 Å². The summed E-state index contributed by atoms with van der Waals surface area (Å²) in [6.45, 7) is 17.8. The number of aliphatic hydroxyl groups is 1. The minimum atomic E-state index is -2.12. The second-order valence-corrected chi connectivity index (χ2v) is 20.2. The van der Waals surface area contributed by atoms with Crippen molar-refractivity contribution in [1.29, 1.82) is 0 Å². The predicted molar refractivity (Wildman–Crippen MR) is 199 cm³/mol. The van der Waals surface area contributed by atoms with E-state index in [4.69, 9.17) is 18.6 Å². The Kier molecular flexibility index (Phi) is 23.9. The number of allylic oxidation sites excluding steroid dienone is 1. The van der Waals surface area contributed by atoms with Crippen LogP contribution in [0, 0.1) is 0 Å². The Hall–Kier alpha value is -1.26. The van der Waals surface area contributed by atoms with Crippen LogP contribution in [0.1, 0.15) is 164 Å². The van der Waals surface area contributed by atoms with E-state index in [2.05, 4.69) is 53.0 Å². The van der Waals surface area contributed by atoms with Crippen molar-refractivity contribution >= 4 is 20.0 Å². The van der Waals surface area contributed by atoms with Crippen LogP contribution in [0.5, 0.6) is 0 Å². The van der Waals surface area contributed by atoms with Gasteiger partial charge in [-0.05, 0) is 37.9 Å². The summed E-state index contributed by atoms with van der Waals surface area (Å²) in [7, 11) is -2.12. The number of hydrogen-bond acceptors (Lipinski definition) is 7. The molecule has 282 valence electrons. The minimum Gasteiger partial charge on any atom is -0.471 e. The molecule has 1 saturated heterocycles. The van der Waals surface area contributed by atoms with Gasteiger partial charge in [-0.25, -0.2) is 0 Å². The molecule has 1 fully saturated rings. The fraction of sp³-hybridized carbons (Fsp3) is 0.897. The van der Waals surface area contributed by atoms with Gasteiger partial charge in [-0.2, -0.15) is 0 Å². The number of nitrogens with one attached hydrogen (secondary N) is 1. The molecule has 0 aliphatic carbocycles. The largest absolute Gasteiger partial charge is 0.471 e. The SMILES string of the molecule is CC=COC1OC(CO[Si](C)(C)C(C)(C)C)C(O)C(OCCCCCCCCCC)C1NC(=O)CC(=O)CCCCCCCCCCC. The average molecular weight is 698 g/mol. The fourth-order valence-corrected chi connectivity index (χ4v) is 6.79. The van der Waals surface area contributed by atoms with E-state index < -0.39 is 44.9 Å². The summed E-state index contributed by atoms with van der Waals surface area (Å²) in [6, 6.07) is -0.789.